The van der Waals surface area contributed by atoms with Crippen LogP contribution in [0, 0.1) is 26.7 Å². The smallest absolute Gasteiger partial charge is 0.237 e. The summed E-state index contributed by atoms with van der Waals surface area (Å²) >= 11 is 0. The molecule has 1 saturated heterocycles. The van der Waals surface area contributed by atoms with Gasteiger partial charge in [0, 0.05) is 23.2 Å². The number of amides is 2. The molecule has 1 aliphatic heterocycles. The number of fused-ring (bicyclic) bond motifs is 2. The summed E-state index contributed by atoms with van der Waals surface area (Å²) in [6, 6.07) is 31.6. The maximum Gasteiger partial charge on any atom is 0.237 e. The third kappa shape index (κ3) is 4.20. The molecule has 0 N–H and O–H groups in total. The van der Waals surface area contributed by atoms with E-state index in [0.717, 1.165) is 48.8 Å². The third-order valence-electron chi connectivity index (χ3n) is 7.89. The van der Waals surface area contributed by atoms with Gasteiger partial charge in [-0.15, -0.1) is 0 Å². The first-order valence-corrected chi connectivity index (χ1v) is 15.2. The minimum Gasteiger partial charge on any atom is -0.314 e. The van der Waals surface area contributed by atoms with Crippen LogP contribution in [0.2, 0.25) is 0 Å². The quantitative estimate of drug-likeness (QED) is 0.185. The van der Waals surface area contributed by atoms with E-state index < -0.39 is 13.1 Å². The molecule has 1 heterocycles. The maximum atomic E-state index is 15.6. The third-order valence-corrected chi connectivity index (χ3v) is 11.2. The normalized spacial score (nSPS) is 16.0. The molecule has 0 aromatic heterocycles. The van der Waals surface area contributed by atoms with Crippen molar-refractivity contribution >= 4 is 56.8 Å². The fourth-order valence-electron chi connectivity index (χ4n) is 6.28. The van der Waals surface area contributed by atoms with E-state index in [9.17, 15) is 9.59 Å². The van der Waals surface area contributed by atoms with Crippen LogP contribution in [0.15, 0.2) is 97.1 Å². The Labute approximate surface area is 228 Å². The van der Waals surface area contributed by atoms with Crippen LogP contribution in [0.3, 0.4) is 0 Å². The molecule has 1 aliphatic rings. The number of benzene rings is 5. The standard InChI is InChI=1S/C34H30NO3P/c1-22-18-23(2)33(24(3)19-22)35-32(36)20-27(34(35)37)21-39(38,30-16-8-12-25-10-4-6-14-28(25)30)31-17-9-13-26-11-5-7-15-29(26)31/h4-19,27H,20-21H2,1-3H3/t27-/m1/s1. The van der Waals surface area contributed by atoms with Crippen molar-refractivity contribution in [3.05, 3.63) is 114 Å². The van der Waals surface area contributed by atoms with Crippen molar-refractivity contribution in [2.75, 3.05) is 11.1 Å². The summed E-state index contributed by atoms with van der Waals surface area (Å²) in [6.45, 7) is 5.87. The molecule has 0 saturated carbocycles. The maximum absolute atomic E-state index is 15.6. The molecule has 0 spiro atoms. The van der Waals surface area contributed by atoms with Crippen LogP contribution in [0.4, 0.5) is 5.69 Å². The van der Waals surface area contributed by atoms with Gasteiger partial charge in [0.05, 0.1) is 11.6 Å². The zero-order valence-corrected chi connectivity index (χ0v) is 23.2. The topological polar surface area (TPSA) is 54.5 Å². The highest BCUT2D eigenvalue weighted by atomic mass is 31.2. The van der Waals surface area contributed by atoms with Crippen molar-refractivity contribution in [1.82, 2.24) is 0 Å². The summed E-state index contributed by atoms with van der Waals surface area (Å²) in [7, 11) is -3.38. The molecule has 0 unspecified atom stereocenters. The second kappa shape index (κ2) is 9.63. The van der Waals surface area contributed by atoms with Crippen LogP contribution in [0.1, 0.15) is 23.1 Å². The molecule has 0 bridgehead atoms. The largest absolute Gasteiger partial charge is 0.314 e. The van der Waals surface area contributed by atoms with Gasteiger partial charge < -0.3 is 4.57 Å². The highest BCUT2D eigenvalue weighted by Gasteiger charge is 2.45. The number of aryl methyl sites for hydroxylation is 3. The average molecular weight is 532 g/mol. The lowest BCUT2D eigenvalue weighted by Crippen LogP contribution is -2.33. The van der Waals surface area contributed by atoms with Gasteiger partial charge in [-0.25, -0.2) is 4.90 Å². The number of rotatable bonds is 5. The summed E-state index contributed by atoms with van der Waals surface area (Å²) in [5.74, 6) is -1.18. The summed E-state index contributed by atoms with van der Waals surface area (Å²) in [5.41, 5.74) is 3.52. The van der Waals surface area contributed by atoms with Crippen LogP contribution in [0.5, 0.6) is 0 Å². The summed E-state index contributed by atoms with van der Waals surface area (Å²) < 4.78 is 15.6. The predicted octanol–water partition coefficient (Wildman–Crippen LogP) is 6.81. The lowest BCUT2D eigenvalue weighted by atomic mass is 10.0. The van der Waals surface area contributed by atoms with Crippen molar-refractivity contribution < 1.29 is 14.2 Å². The Morgan fingerprint density at radius 3 is 1.74 bits per heavy atom. The van der Waals surface area contributed by atoms with E-state index in [4.69, 9.17) is 0 Å². The van der Waals surface area contributed by atoms with Crippen LogP contribution < -0.4 is 15.5 Å². The number of hydrogen-bond donors (Lipinski definition) is 0. The van der Waals surface area contributed by atoms with E-state index in [0.29, 0.717) is 5.69 Å². The molecule has 39 heavy (non-hydrogen) atoms. The first kappa shape index (κ1) is 25.3. The van der Waals surface area contributed by atoms with Gasteiger partial charge >= 0.3 is 0 Å². The first-order chi connectivity index (χ1) is 18.8. The van der Waals surface area contributed by atoms with Crippen molar-refractivity contribution in [1.29, 1.82) is 0 Å². The van der Waals surface area contributed by atoms with E-state index in [1.54, 1.807) is 0 Å². The fourth-order valence-corrected chi connectivity index (χ4v) is 9.68. The molecule has 4 nitrogen and oxygen atoms in total. The number of hydrogen-bond acceptors (Lipinski definition) is 3. The van der Waals surface area contributed by atoms with E-state index in [1.807, 2.05) is 118 Å². The van der Waals surface area contributed by atoms with Crippen molar-refractivity contribution in [3.8, 4) is 0 Å². The molecule has 194 valence electrons. The van der Waals surface area contributed by atoms with E-state index >= 15 is 4.57 Å². The zero-order chi connectivity index (χ0) is 27.3. The zero-order valence-electron chi connectivity index (χ0n) is 22.3. The number of carbonyl (C=O) groups is 2. The van der Waals surface area contributed by atoms with Gasteiger partial charge in [-0.2, -0.15) is 0 Å². The molecule has 6 rings (SSSR count). The number of anilines is 1. The summed E-state index contributed by atoms with van der Waals surface area (Å²) in [4.78, 5) is 28.7. The highest BCUT2D eigenvalue weighted by molar-refractivity contribution is 7.79. The molecule has 5 aromatic rings. The SMILES string of the molecule is Cc1cc(C)c(N2C(=O)C[C@H](CP(=O)(c3cccc4ccccc34)c3cccc4ccccc34)C2=O)c(C)c1. The molecular formula is C34H30NO3P. The molecule has 5 aromatic carbocycles. The molecule has 0 radical (unpaired) electrons. The van der Waals surface area contributed by atoms with E-state index in [-0.39, 0.29) is 24.4 Å². The summed E-state index contributed by atoms with van der Waals surface area (Å²) in [5, 5.41) is 5.29. The van der Waals surface area contributed by atoms with E-state index in [1.165, 1.54) is 4.90 Å². The molecule has 5 heteroatoms. The highest BCUT2D eigenvalue weighted by Crippen LogP contribution is 2.50. The summed E-state index contributed by atoms with van der Waals surface area (Å²) in [6.07, 6.45) is 0.144. The van der Waals surface area contributed by atoms with Gasteiger partial charge in [-0.3, -0.25) is 9.59 Å². The lowest BCUT2D eigenvalue weighted by Gasteiger charge is -2.25. The second-order valence-corrected chi connectivity index (χ2v) is 13.4. The Morgan fingerprint density at radius 2 is 1.21 bits per heavy atom. The van der Waals surface area contributed by atoms with Crippen LogP contribution in [0.25, 0.3) is 21.5 Å². The Morgan fingerprint density at radius 1 is 0.718 bits per heavy atom. The lowest BCUT2D eigenvalue weighted by molar-refractivity contribution is -0.122. The Balaban J connectivity index is 1.52. The monoisotopic (exact) mass is 531 g/mol. The van der Waals surface area contributed by atoms with E-state index in [2.05, 4.69) is 0 Å². The predicted molar refractivity (Wildman–Crippen MR) is 161 cm³/mol. The van der Waals surface area contributed by atoms with Crippen molar-refractivity contribution in [3.63, 3.8) is 0 Å². The fraction of sp³-hybridized carbons (Fsp3) is 0.176. The molecular weight excluding hydrogens is 501 g/mol. The molecule has 1 fully saturated rings. The number of nitrogens with zero attached hydrogens (tertiary/aromatic N) is 1. The minimum atomic E-state index is -3.38. The molecule has 2 amide bonds. The van der Waals surface area contributed by atoms with Crippen molar-refractivity contribution in [2.45, 2.75) is 27.2 Å². The van der Waals surface area contributed by atoms with Gasteiger partial charge in [0.2, 0.25) is 11.8 Å². The Bertz CT molecular complexity index is 1720. The Hall–Kier alpha value is -4.01. The van der Waals surface area contributed by atoms with Gasteiger partial charge in [0.15, 0.2) is 0 Å². The Kier molecular flexibility index (Phi) is 6.24. The van der Waals surface area contributed by atoms with Gasteiger partial charge in [-0.05, 0) is 53.4 Å². The number of carbonyl (C=O) groups excluding carboxylic acids is 2. The van der Waals surface area contributed by atoms with Gasteiger partial charge in [-0.1, -0.05) is 103 Å². The van der Waals surface area contributed by atoms with Gasteiger partial charge in [0.25, 0.3) is 0 Å². The first-order valence-electron chi connectivity index (χ1n) is 13.3. The molecule has 0 aliphatic carbocycles. The average Bonchev–Trinajstić information content (AvgIpc) is 3.19. The van der Waals surface area contributed by atoms with Crippen molar-refractivity contribution in [2.24, 2.45) is 5.92 Å². The number of imide groups is 1. The minimum absolute atomic E-state index is 0.0467. The van der Waals surface area contributed by atoms with Crippen LogP contribution in [-0.2, 0) is 14.2 Å². The van der Waals surface area contributed by atoms with Crippen LogP contribution >= 0.6 is 7.14 Å². The second-order valence-electron chi connectivity index (χ2n) is 10.6. The van der Waals surface area contributed by atoms with Crippen LogP contribution in [-0.4, -0.2) is 18.0 Å². The molecule has 1 atom stereocenters. The van der Waals surface area contributed by atoms with Gasteiger partial charge in [0.1, 0.15) is 7.14 Å².